The molecule has 12 heavy (non-hydrogen) atoms. The summed E-state index contributed by atoms with van der Waals surface area (Å²) >= 11 is 1.61. The Hall–Kier alpha value is -0.670. The summed E-state index contributed by atoms with van der Waals surface area (Å²) in [6.45, 7) is 0. The molecular formula is C9H12N2S. The molecule has 2 rings (SSSR count). The van der Waals surface area contributed by atoms with E-state index < -0.39 is 0 Å². The predicted octanol–water partition coefficient (Wildman–Crippen LogP) is 2.25. The van der Waals surface area contributed by atoms with Crippen molar-refractivity contribution in [3.63, 3.8) is 0 Å². The van der Waals surface area contributed by atoms with E-state index in [1.807, 2.05) is 10.9 Å². The van der Waals surface area contributed by atoms with Crippen LogP contribution in [-0.2, 0) is 0 Å². The van der Waals surface area contributed by atoms with Crippen LogP contribution >= 0.6 is 11.3 Å². The molecule has 2 nitrogen and oxygen atoms in total. The Morgan fingerprint density at radius 2 is 2.50 bits per heavy atom. The van der Waals surface area contributed by atoms with Crippen LogP contribution in [0.15, 0.2) is 22.5 Å². The second kappa shape index (κ2) is 3.37. The van der Waals surface area contributed by atoms with Gasteiger partial charge in [-0.05, 0) is 19.3 Å². The summed E-state index contributed by atoms with van der Waals surface area (Å²) in [5.41, 5.74) is 10.2. The minimum absolute atomic E-state index is 0.0544. The molecule has 0 radical (unpaired) electrons. The minimum atomic E-state index is 0.0544. The summed E-state index contributed by atoms with van der Waals surface area (Å²) in [5.74, 6) is 0. The van der Waals surface area contributed by atoms with E-state index in [0.29, 0.717) is 0 Å². The van der Waals surface area contributed by atoms with Crippen LogP contribution in [0.3, 0.4) is 0 Å². The smallest absolute Gasteiger partial charge is 0.0795 e. The van der Waals surface area contributed by atoms with E-state index >= 15 is 0 Å². The zero-order valence-electron chi connectivity index (χ0n) is 6.86. The quantitative estimate of drug-likeness (QED) is 0.709. The molecule has 0 amide bonds. The number of aromatic nitrogens is 1. The number of nitrogens with two attached hydrogens (primary N) is 1. The second-order valence-electron chi connectivity index (χ2n) is 3.06. The van der Waals surface area contributed by atoms with E-state index in [4.69, 9.17) is 5.73 Å². The van der Waals surface area contributed by atoms with Gasteiger partial charge in [-0.3, -0.25) is 0 Å². The van der Waals surface area contributed by atoms with Crippen LogP contribution < -0.4 is 5.73 Å². The first kappa shape index (κ1) is 7.95. The Balaban J connectivity index is 2.14. The van der Waals surface area contributed by atoms with E-state index in [-0.39, 0.29) is 6.04 Å². The summed E-state index contributed by atoms with van der Waals surface area (Å²) in [7, 11) is 0. The molecule has 1 heterocycles. The van der Waals surface area contributed by atoms with Crippen molar-refractivity contribution in [3.05, 3.63) is 28.2 Å². The summed E-state index contributed by atoms with van der Waals surface area (Å²) in [6.07, 6.45) is 5.85. The zero-order chi connectivity index (χ0) is 8.39. The van der Waals surface area contributed by atoms with Crippen LogP contribution in [0.4, 0.5) is 0 Å². The van der Waals surface area contributed by atoms with Crippen molar-refractivity contribution in [2.75, 3.05) is 0 Å². The lowest BCUT2D eigenvalue weighted by Crippen LogP contribution is -2.12. The minimum Gasteiger partial charge on any atom is -0.319 e. The Kier molecular flexibility index (Phi) is 2.23. The molecule has 2 N–H and O–H groups in total. The fourth-order valence-corrected chi connectivity index (χ4v) is 2.13. The van der Waals surface area contributed by atoms with E-state index in [9.17, 15) is 0 Å². The lowest BCUT2D eigenvalue weighted by atomic mass is 10.1. The molecule has 0 fully saturated rings. The van der Waals surface area contributed by atoms with Crippen molar-refractivity contribution >= 4 is 11.3 Å². The maximum absolute atomic E-state index is 6.02. The van der Waals surface area contributed by atoms with Gasteiger partial charge in [0.1, 0.15) is 0 Å². The van der Waals surface area contributed by atoms with Crippen molar-refractivity contribution < 1.29 is 0 Å². The van der Waals surface area contributed by atoms with Crippen molar-refractivity contribution in [2.45, 2.75) is 25.3 Å². The topological polar surface area (TPSA) is 38.9 Å². The molecule has 0 saturated carbocycles. The van der Waals surface area contributed by atoms with E-state index in [1.165, 1.54) is 18.4 Å². The van der Waals surface area contributed by atoms with Gasteiger partial charge in [0.2, 0.25) is 0 Å². The highest BCUT2D eigenvalue weighted by molar-refractivity contribution is 7.07. The van der Waals surface area contributed by atoms with Crippen LogP contribution in [-0.4, -0.2) is 4.98 Å². The van der Waals surface area contributed by atoms with Crippen LogP contribution in [0.5, 0.6) is 0 Å². The van der Waals surface area contributed by atoms with Crippen LogP contribution in [0.2, 0.25) is 0 Å². The monoisotopic (exact) mass is 180 g/mol. The number of nitrogens with zero attached hydrogens (tertiary/aromatic N) is 1. The lowest BCUT2D eigenvalue weighted by Gasteiger charge is -2.09. The SMILES string of the molecule is NC(C1=CCCC1)c1cscn1. The Labute approximate surface area is 76.1 Å². The highest BCUT2D eigenvalue weighted by atomic mass is 32.1. The molecule has 0 bridgehead atoms. The van der Waals surface area contributed by atoms with Gasteiger partial charge in [-0.1, -0.05) is 11.6 Å². The molecule has 1 aromatic heterocycles. The molecule has 1 unspecified atom stereocenters. The largest absolute Gasteiger partial charge is 0.319 e. The normalized spacial score (nSPS) is 19.2. The standard InChI is InChI=1S/C9H12N2S/c10-9(7-3-1-2-4-7)8-5-12-6-11-8/h3,5-6,9H,1-2,4,10H2. The molecule has 0 aliphatic heterocycles. The van der Waals surface area contributed by atoms with E-state index in [1.54, 1.807) is 11.3 Å². The number of hydrogen-bond acceptors (Lipinski definition) is 3. The molecule has 3 heteroatoms. The van der Waals surface area contributed by atoms with Crippen LogP contribution in [0.1, 0.15) is 31.0 Å². The molecule has 0 spiro atoms. The van der Waals surface area contributed by atoms with Gasteiger partial charge in [-0.2, -0.15) is 0 Å². The third-order valence-corrected chi connectivity index (χ3v) is 2.85. The van der Waals surface area contributed by atoms with Crippen LogP contribution in [0.25, 0.3) is 0 Å². The second-order valence-corrected chi connectivity index (χ2v) is 3.78. The Bertz CT molecular complexity index is 277. The molecule has 1 atom stereocenters. The van der Waals surface area contributed by atoms with E-state index in [0.717, 1.165) is 12.1 Å². The average Bonchev–Trinajstić information content (AvgIpc) is 2.77. The number of hydrogen-bond donors (Lipinski definition) is 1. The summed E-state index contributed by atoms with van der Waals surface area (Å²) in [4.78, 5) is 4.21. The first-order chi connectivity index (χ1) is 5.88. The molecule has 64 valence electrons. The van der Waals surface area contributed by atoms with Crippen molar-refractivity contribution in [2.24, 2.45) is 5.73 Å². The van der Waals surface area contributed by atoms with Crippen molar-refractivity contribution in [1.29, 1.82) is 0 Å². The van der Waals surface area contributed by atoms with Crippen molar-refractivity contribution in [3.8, 4) is 0 Å². The van der Waals surface area contributed by atoms with Gasteiger partial charge < -0.3 is 5.73 Å². The maximum Gasteiger partial charge on any atom is 0.0795 e. The highest BCUT2D eigenvalue weighted by Crippen LogP contribution is 2.28. The molecule has 0 saturated heterocycles. The van der Waals surface area contributed by atoms with Gasteiger partial charge in [0, 0.05) is 5.38 Å². The Morgan fingerprint density at radius 1 is 1.58 bits per heavy atom. The van der Waals surface area contributed by atoms with Gasteiger partial charge in [-0.15, -0.1) is 11.3 Å². The molecule has 1 aliphatic rings. The lowest BCUT2D eigenvalue weighted by molar-refractivity contribution is 0.766. The maximum atomic E-state index is 6.02. The van der Waals surface area contributed by atoms with Gasteiger partial charge in [-0.25, -0.2) is 4.98 Å². The summed E-state index contributed by atoms with van der Waals surface area (Å²) in [6, 6.07) is 0.0544. The van der Waals surface area contributed by atoms with Gasteiger partial charge in [0.15, 0.2) is 0 Å². The molecule has 1 aliphatic carbocycles. The number of rotatable bonds is 2. The van der Waals surface area contributed by atoms with Crippen molar-refractivity contribution in [1.82, 2.24) is 4.98 Å². The third kappa shape index (κ3) is 1.42. The fraction of sp³-hybridized carbons (Fsp3) is 0.444. The fourth-order valence-electron chi connectivity index (χ4n) is 1.54. The van der Waals surface area contributed by atoms with Crippen LogP contribution in [0, 0.1) is 0 Å². The first-order valence-corrected chi connectivity index (χ1v) is 5.15. The summed E-state index contributed by atoms with van der Waals surface area (Å²) < 4.78 is 0. The average molecular weight is 180 g/mol. The highest BCUT2D eigenvalue weighted by Gasteiger charge is 2.15. The molecule has 0 aromatic carbocycles. The molecule has 1 aromatic rings. The Morgan fingerprint density at radius 3 is 3.08 bits per heavy atom. The van der Waals surface area contributed by atoms with Gasteiger partial charge >= 0.3 is 0 Å². The van der Waals surface area contributed by atoms with Gasteiger partial charge in [0.05, 0.1) is 17.2 Å². The number of thiazole rings is 1. The predicted molar refractivity (Wildman–Crippen MR) is 51.0 cm³/mol. The third-order valence-electron chi connectivity index (χ3n) is 2.25. The first-order valence-electron chi connectivity index (χ1n) is 4.20. The molecular weight excluding hydrogens is 168 g/mol. The van der Waals surface area contributed by atoms with Gasteiger partial charge in [0.25, 0.3) is 0 Å². The zero-order valence-corrected chi connectivity index (χ0v) is 7.68. The van der Waals surface area contributed by atoms with E-state index in [2.05, 4.69) is 11.1 Å². The summed E-state index contributed by atoms with van der Waals surface area (Å²) in [5, 5.41) is 2.03. The number of allylic oxidation sites excluding steroid dienone is 1.